The fourth-order valence-corrected chi connectivity index (χ4v) is 3.94. The summed E-state index contributed by atoms with van der Waals surface area (Å²) >= 11 is 1.75. The molecular weight excluding hydrogens is 288 g/mol. The van der Waals surface area contributed by atoms with Gasteiger partial charge in [-0.05, 0) is 36.6 Å². The van der Waals surface area contributed by atoms with Gasteiger partial charge >= 0.3 is 0 Å². The highest BCUT2D eigenvalue weighted by atomic mass is 32.1. The van der Waals surface area contributed by atoms with Crippen LogP contribution in [0.3, 0.4) is 0 Å². The molecule has 2 aromatic rings. The van der Waals surface area contributed by atoms with E-state index in [0.717, 1.165) is 16.3 Å². The van der Waals surface area contributed by atoms with E-state index in [4.69, 9.17) is 10.7 Å². The molecule has 0 atom stereocenters. The number of aromatic nitrogens is 1. The molecule has 1 aliphatic carbocycles. The largest absolute Gasteiger partial charge is 0.399 e. The van der Waals surface area contributed by atoms with Crippen molar-refractivity contribution in [1.82, 2.24) is 4.98 Å². The second kappa shape index (κ2) is 7.59. The normalized spacial score (nSPS) is 17.5. The van der Waals surface area contributed by atoms with Crippen molar-refractivity contribution in [3.63, 3.8) is 0 Å². The van der Waals surface area contributed by atoms with Crippen molar-refractivity contribution in [2.75, 3.05) is 5.73 Å². The molecule has 3 rings (SSSR count). The first kappa shape index (κ1) is 15.3. The van der Waals surface area contributed by atoms with Crippen molar-refractivity contribution in [2.45, 2.75) is 50.9 Å². The number of benzene rings is 1. The average molecular weight is 312 g/mol. The molecular formula is C19H24N2S. The van der Waals surface area contributed by atoms with Gasteiger partial charge in [-0.2, -0.15) is 0 Å². The zero-order chi connectivity index (χ0) is 15.2. The van der Waals surface area contributed by atoms with Gasteiger partial charge in [0.2, 0.25) is 0 Å². The van der Waals surface area contributed by atoms with Gasteiger partial charge in [0.15, 0.2) is 0 Å². The molecule has 0 saturated heterocycles. The quantitative estimate of drug-likeness (QED) is 0.736. The Hall–Kier alpha value is -1.61. The summed E-state index contributed by atoms with van der Waals surface area (Å²) in [6, 6.07) is 7.94. The Morgan fingerprint density at radius 1 is 1.05 bits per heavy atom. The Kier molecular flexibility index (Phi) is 5.28. The minimum atomic E-state index is 0.672. The molecule has 1 aromatic heterocycles. The highest BCUT2D eigenvalue weighted by Gasteiger charge is 2.16. The lowest BCUT2D eigenvalue weighted by Gasteiger charge is -2.17. The van der Waals surface area contributed by atoms with Crippen LogP contribution in [-0.4, -0.2) is 4.98 Å². The molecule has 1 aromatic carbocycles. The van der Waals surface area contributed by atoms with Crippen LogP contribution in [0.5, 0.6) is 0 Å². The maximum atomic E-state index is 5.81. The van der Waals surface area contributed by atoms with Gasteiger partial charge < -0.3 is 5.73 Å². The third-order valence-corrected chi connectivity index (χ3v) is 5.22. The van der Waals surface area contributed by atoms with Crippen LogP contribution >= 0.6 is 11.3 Å². The molecule has 0 aliphatic heterocycles. The molecule has 116 valence electrons. The van der Waals surface area contributed by atoms with Crippen LogP contribution < -0.4 is 5.73 Å². The number of anilines is 1. The van der Waals surface area contributed by atoms with E-state index >= 15 is 0 Å². The van der Waals surface area contributed by atoms with Gasteiger partial charge in [-0.15, -0.1) is 11.3 Å². The summed E-state index contributed by atoms with van der Waals surface area (Å²) in [5.74, 6) is 0.672. The summed E-state index contributed by atoms with van der Waals surface area (Å²) in [4.78, 5) is 4.84. The Morgan fingerprint density at radius 3 is 2.59 bits per heavy atom. The van der Waals surface area contributed by atoms with Gasteiger partial charge in [0.05, 0.1) is 5.69 Å². The Labute approximate surface area is 137 Å². The number of thiazole rings is 1. The van der Waals surface area contributed by atoms with Gasteiger partial charge in [0.1, 0.15) is 5.01 Å². The Bertz CT molecular complexity index is 622. The molecule has 1 fully saturated rings. The minimum Gasteiger partial charge on any atom is -0.399 e. The third kappa shape index (κ3) is 4.20. The first-order valence-electron chi connectivity index (χ1n) is 8.30. The highest BCUT2D eigenvalue weighted by molar-refractivity contribution is 7.10. The van der Waals surface area contributed by atoms with Crippen LogP contribution in [0.25, 0.3) is 12.2 Å². The highest BCUT2D eigenvalue weighted by Crippen LogP contribution is 2.31. The molecule has 1 saturated carbocycles. The van der Waals surface area contributed by atoms with E-state index in [-0.39, 0.29) is 0 Å². The topological polar surface area (TPSA) is 38.9 Å². The predicted octanol–water partition coefficient (Wildman–Crippen LogP) is 5.72. The average Bonchev–Trinajstić information content (AvgIpc) is 2.94. The molecule has 0 unspecified atom stereocenters. The predicted molar refractivity (Wildman–Crippen MR) is 97.0 cm³/mol. The van der Waals surface area contributed by atoms with E-state index in [1.807, 2.05) is 18.2 Å². The third-order valence-electron chi connectivity index (χ3n) is 4.39. The lowest BCUT2D eigenvalue weighted by molar-refractivity contribution is 0.450. The van der Waals surface area contributed by atoms with E-state index in [0.29, 0.717) is 5.92 Å². The standard InChI is InChI=1S/C19H24N2S/c20-17-10-6-7-15(13-17)11-12-19-21-18(14-22-19)16-8-4-2-1-3-5-9-16/h6-7,10-14,16H,1-5,8-9,20H2. The van der Waals surface area contributed by atoms with Crippen molar-refractivity contribution >= 4 is 29.2 Å². The van der Waals surface area contributed by atoms with Gasteiger partial charge in [-0.25, -0.2) is 4.98 Å². The van der Waals surface area contributed by atoms with E-state index in [9.17, 15) is 0 Å². The van der Waals surface area contributed by atoms with Crippen molar-refractivity contribution < 1.29 is 0 Å². The van der Waals surface area contributed by atoms with Gasteiger partial charge in [-0.3, -0.25) is 0 Å². The molecule has 1 aliphatic rings. The summed E-state index contributed by atoms with van der Waals surface area (Å²) in [6.45, 7) is 0. The van der Waals surface area contributed by atoms with Crippen molar-refractivity contribution in [3.05, 3.63) is 45.9 Å². The van der Waals surface area contributed by atoms with Crippen LogP contribution in [-0.2, 0) is 0 Å². The van der Waals surface area contributed by atoms with Crippen molar-refractivity contribution in [2.24, 2.45) is 0 Å². The van der Waals surface area contributed by atoms with Crippen LogP contribution in [0.15, 0.2) is 29.6 Å². The molecule has 2 N–H and O–H groups in total. The SMILES string of the molecule is Nc1cccc(C=Cc2nc(C3CCCCCCC3)cs2)c1. The van der Waals surface area contributed by atoms with Gasteiger partial charge in [-0.1, -0.05) is 50.3 Å². The van der Waals surface area contributed by atoms with Gasteiger partial charge in [0, 0.05) is 17.0 Å². The summed E-state index contributed by atoms with van der Waals surface area (Å²) in [6.07, 6.45) is 13.7. The van der Waals surface area contributed by atoms with E-state index in [2.05, 4.69) is 23.6 Å². The number of hydrogen-bond acceptors (Lipinski definition) is 3. The van der Waals surface area contributed by atoms with E-state index in [1.165, 1.54) is 50.6 Å². The van der Waals surface area contributed by atoms with Crippen LogP contribution in [0.2, 0.25) is 0 Å². The molecule has 2 nitrogen and oxygen atoms in total. The van der Waals surface area contributed by atoms with Crippen molar-refractivity contribution in [3.8, 4) is 0 Å². The van der Waals surface area contributed by atoms with E-state index in [1.54, 1.807) is 11.3 Å². The first-order valence-corrected chi connectivity index (χ1v) is 9.18. The number of nitrogens with zero attached hydrogens (tertiary/aromatic N) is 1. The number of rotatable bonds is 3. The maximum Gasteiger partial charge on any atom is 0.116 e. The van der Waals surface area contributed by atoms with Crippen LogP contribution in [0.1, 0.15) is 67.1 Å². The molecule has 0 bridgehead atoms. The summed E-state index contributed by atoms with van der Waals surface area (Å²) in [7, 11) is 0. The minimum absolute atomic E-state index is 0.672. The van der Waals surface area contributed by atoms with Gasteiger partial charge in [0.25, 0.3) is 0 Å². The second-order valence-electron chi connectivity index (χ2n) is 6.16. The smallest absolute Gasteiger partial charge is 0.116 e. The number of nitrogen functional groups attached to an aromatic ring is 1. The fourth-order valence-electron chi connectivity index (χ4n) is 3.15. The lowest BCUT2D eigenvalue weighted by Crippen LogP contribution is -2.02. The fraction of sp³-hybridized carbons (Fsp3) is 0.421. The zero-order valence-electron chi connectivity index (χ0n) is 13.0. The monoisotopic (exact) mass is 312 g/mol. The molecule has 0 radical (unpaired) electrons. The maximum absolute atomic E-state index is 5.81. The second-order valence-corrected chi connectivity index (χ2v) is 7.05. The van der Waals surface area contributed by atoms with Crippen molar-refractivity contribution in [1.29, 1.82) is 0 Å². The van der Waals surface area contributed by atoms with Crippen LogP contribution in [0, 0.1) is 0 Å². The molecule has 22 heavy (non-hydrogen) atoms. The Balaban J connectivity index is 1.67. The zero-order valence-corrected chi connectivity index (χ0v) is 13.8. The summed E-state index contributed by atoms with van der Waals surface area (Å²) < 4.78 is 0. The lowest BCUT2D eigenvalue weighted by atomic mass is 9.89. The summed E-state index contributed by atoms with van der Waals surface area (Å²) in [5.41, 5.74) is 9.04. The van der Waals surface area contributed by atoms with Crippen LogP contribution in [0.4, 0.5) is 5.69 Å². The molecule has 0 spiro atoms. The summed E-state index contributed by atoms with van der Waals surface area (Å²) in [5, 5.41) is 3.35. The molecule has 3 heteroatoms. The number of nitrogens with two attached hydrogens (primary N) is 1. The molecule has 1 heterocycles. The molecule has 0 amide bonds. The number of hydrogen-bond donors (Lipinski definition) is 1. The Morgan fingerprint density at radius 2 is 1.82 bits per heavy atom. The first-order chi connectivity index (χ1) is 10.8. The van der Waals surface area contributed by atoms with E-state index < -0.39 is 0 Å².